The van der Waals surface area contributed by atoms with Gasteiger partial charge in [-0.15, -0.1) is 0 Å². The van der Waals surface area contributed by atoms with E-state index >= 15 is 0 Å². The Bertz CT molecular complexity index is 492. The van der Waals surface area contributed by atoms with Gasteiger partial charge in [-0.05, 0) is 37.8 Å². The van der Waals surface area contributed by atoms with E-state index in [9.17, 15) is 18.0 Å². The van der Waals surface area contributed by atoms with Crippen molar-refractivity contribution in [1.82, 2.24) is 0 Å². The topological polar surface area (TPSA) is 17.1 Å². The second kappa shape index (κ2) is 5.59. The summed E-state index contributed by atoms with van der Waals surface area (Å²) in [6.07, 6.45) is 1.70. The molecular weight excluding hydrogens is 253 g/mol. The third kappa shape index (κ3) is 3.46. The van der Waals surface area contributed by atoms with Crippen molar-refractivity contribution < 1.29 is 18.0 Å². The van der Waals surface area contributed by atoms with Gasteiger partial charge in [0.1, 0.15) is 0 Å². The SMILES string of the molecule is O=C(C=C1CCCCC1)c1ccccc1C(F)(F)F. The van der Waals surface area contributed by atoms with Crippen LogP contribution in [0.25, 0.3) is 0 Å². The van der Waals surface area contributed by atoms with Gasteiger partial charge in [-0.2, -0.15) is 13.2 Å². The fourth-order valence-corrected chi connectivity index (χ4v) is 2.36. The van der Waals surface area contributed by atoms with Crippen molar-refractivity contribution in [2.24, 2.45) is 0 Å². The van der Waals surface area contributed by atoms with Crippen LogP contribution in [0, 0.1) is 0 Å². The van der Waals surface area contributed by atoms with Crippen LogP contribution in [0.2, 0.25) is 0 Å². The van der Waals surface area contributed by atoms with Gasteiger partial charge in [0.15, 0.2) is 5.78 Å². The molecule has 1 nitrogen and oxygen atoms in total. The highest BCUT2D eigenvalue weighted by Gasteiger charge is 2.34. The van der Waals surface area contributed by atoms with Crippen LogP contribution in [0.3, 0.4) is 0 Å². The molecule has 0 radical (unpaired) electrons. The maximum absolute atomic E-state index is 12.8. The quantitative estimate of drug-likeness (QED) is 0.557. The Balaban J connectivity index is 2.29. The van der Waals surface area contributed by atoms with Gasteiger partial charge in [0.05, 0.1) is 5.56 Å². The number of rotatable bonds is 2. The van der Waals surface area contributed by atoms with E-state index in [-0.39, 0.29) is 5.56 Å². The zero-order valence-electron chi connectivity index (χ0n) is 10.5. The first-order chi connectivity index (χ1) is 8.98. The molecule has 0 saturated heterocycles. The molecule has 1 aromatic carbocycles. The molecule has 1 aromatic rings. The number of carbonyl (C=O) groups is 1. The smallest absolute Gasteiger partial charge is 0.289 e. The Kier molecular flexibility index (Phi) is 4.08. The molecule has 1 saturated carbocycles. The molecule has 0 N–H and O–H groups in total. The van der Waals surface area contributed by atoms with Crippen molar-refractivity contribution in [2.45, 2.75) is 38.3 Å². The Morgan fingerprint density at radius 1 is 1.05 bits per heavy atom. The van der Waals surface area contributed by atoms with Crippen molar-refractivity contribution in [3.05, 3.63) is 47.0 Å². The molecule has 0 unspecified atom stereocenters. The Morgan fingerprint density at radius 2 is 1.68 bits per heavy atom. The van der Waals surface area contributed by atoms with E-state index in [0.29, 0.717) is 0 Å². The number of ketones is 1. The van der Waals surface area contributed by atoms with Crippen molar-refractivity contribution in [1.29, 1.82) is 0 Å². The Labute approximate surface area is 110 Å². The highest BCUT2D eigenvalue weighted by Crippen LogP contribution is 2.32. The van der Waals surface area contributed by atoms with Crippen LogP contribution in [0.1, 0.15) is 48.0 Å². The predicted octanol–water partition coefficient (Wildman–Crippen LogP) is 4.78. The van der Waals surface area contributed by atoms with E-state index in [2.05, 4.69) is 0 Å². The number of allylic oxidation sites excluding steroid dienone is 2. The molecule has 0 aromatic heterocycles. The lowest BCUT2D eigenvalue weighted by Gasteiger charge is -2.14. The molecule has 2 rings (SSSR count). The van der Waals surface area contributed by atoms with Crippen LogP contribution < -0.4 is 0 Å². The Hall–Kier alpha value is -1.58. The summed E-state index contributed by atoms with van der Waals surface area (Å²) in [6, 6.07) is 4.95. The fraction of sp³-hybridized carbons (Fsp3) is 0.400. The van der Waals surface area contributed by atoms with Crippen LogP contribution in [-0.4, -0.2) is 5.78 Å². The normalized spacial score (nSPS) is 16.3. The van der Waals surface area contributed by atoms with Gasteiger partial charge in [0, 0.05) is 5.56 Å². The van der Waals surface area contributed by atoms with Gasteiger partial charge in [-0.25, -0.2) is 0 Å². The molecule has 0 spiro atoms. The van der Waals surface area contributed by atoms with Crippen LogP contribution in [-0.2, 0) is 6.18 Å². The molecule has 102 valence electrons. The van der Waals surface area contributed by atoms with E-state index in [0.717, 1.165) is 43.7 Å². The first-order valence-electron chi connectivity index (χ1n) is 6.38. The molecule has 1 aliphatic carbocycles. The van der Waals surface area contributed by atoms with Crippen molar-refractivity contribution >= 4 is 5.78 Å². The molecule has 0 bridgehead atoms. The van der Waals surface area contributed by atoms with E-state index in [4.69, 9.17) is 0 Å². The summed E-state index contributed by atoms with van der Waals surface area (Å²) < 4.78 is 38.4. The monoisotopic (exact) mass is 268 g/mol. The lowest BCUT2D eigenvalue weighted by Crippen LogP contribution is -2.12. The molecule has 0 heterocycles. The number of carbonyl (C=O) groups excluding carboxylic acids is 1. The highest BCUT2D eigenvalue weighted by atomic mass is 19.4. The molecule has 1 fully saturated rings. The first kappa shape index (κ1) is 13.8. The maximum atomic E-state index is 12.8. The predicted molar refractivity (Wildman–Crippen MR) is 66.9 cm³/mol. The van der Waals surface area contributed by atoms with Gasteiger partial charge in [-0.1, -0.05) is 30.2 Å². The fourth-order valence-electron chi connectivity index (χ4n) is 2.36. The zero-order chi connectivity index (χ0) is 13.9. The number of alkyl halides is 3. The van der Waals surface area contributed by atoms with Crippen molar-refractivity contribution in [3.8, 4) is 0 Å². The van der Waals surface area contributed by atoms with E-state index < -0.39 is 17.5 Å². The number of hydrogen-bond acceptors (Lipinski definition) is 1. The summed E-state index contributed by atoms with van der Waals surface area (Å²) in [5.74, 6) is -0.537. The number of benzene rings is 1. The Morgan fingerprint density at radius 3 is 2.32 bits per heavy atom. The minimum absolute atomic E-state index is 0.256. The minimum Gasteiger partial charge on any atom is -0.289 e. The summed E-state index contributed by atoms with van der Waals surface area (Å²) in [4.78, 5) is 12.0. The lowest BCUT2D eigenvalue weighted by atomic mass is 9.92. The van der Waals surface area contributed by atoms with Crippen LogP contribution in [0.15, 0.2) is 35.9 Å². The zero-order valence-corrected chi connectivity index (χ0v) is 10.5. The van der Waals surface area contributed by atoms with E-state index in [1.807, 2.05) is 0 Å². The second-order valence-corrected chi connectivity index (χ2v) is 4.77. The maximum Gasteiger partial charge on any atom is 0.417 e. The standard InChI is InChI=1S/C15H15F3O/c16-15(17,18)13-9-5-4-8-12(13)14(19)10-11-6-2-1-3-7-11/h4-5,8-10H,1-3,6-7H2. The van der Waals surface area contributed by atoms with Crippen molar-refractivity contribution in [2.75, 3.05) is 0 Å². The number of hydrogen-bond donors (Lipinski definition) is 0. The molecule has 1 aliphatic rings. The van der Waals surface area contributed by atoms with Crippen LogP contribution in [0.4, 0.5) is 13.2 Å². The molecule has 0 aliphatic heterocycles. The van der Waals surface area contributed by atoms with Crippen molar-refractivity contribution in [3.63, 3.8) is 0 Å². The summed E-state index contributed by atoms with van der Waals surface area (Å²) in [7, 11) is 0. The van der Waals surface area contributed by atoms with Gasteiger partial charge >= 0.3 is 6.18 Å². The van der Waals surface area contributed by atoms with Crippen LogP contribution in [0.5, 0.6) is 0 Å². The summed E-state index contributed by atoms with van der Waals surface area (Å²) in [5, 5.41) is 0. The highest BCUT2D eigenvalue weighted by molar-refractivity contribution is 6.06. The van der Waals surface area contributed by atoms with Gasteiger partial charge < -0.3 is 0 Å². The van der Waals surface area contributed by atoms with Gasteiger partial charge in [0.2, 0.25) is 0 Å². The molecule has 0 atom stereocenters. The van der Waals surface area contributed by atoms with Gasteiger partial charge in [0.25, 0.3) is 0 Å². The second-order valence-electron chi connectivity index (χ2n) is 4.77. The molecule has 0 amide bonds. The third-order valence-corrected chi connectivity index (χ3v) is 3.33. The lowest BCUT2D eigenvalue weighted by molar-refractivity contribution is -0.137. The minimum atomic E-state index is -4.49. The molecular formula is C15H15F3O. The van der Waals surface area contributed by atoms with Crippen LogP contribution >= 0.6 is 0 Å². The summed E-state index contributed by atoms with van der Waals surface area (Å²) in [6.45, 7) is 0. The van der Waals surface area contributed by atoms with Gasteiger partial charge in [-0.3, -0.25) is 4.79 Å². The largest absolute Gasteiger partial charge is 0.417 e. The third-order valence-electron chi connectivity index (χ3n) is 3.33. The molecule has 19 heavy (non-hydrogen) atoms. The summed E-state index contributed by atoms with van der Waals surface area (Å²) >= 11 is 0. The summed E-state index contributed by atoms with van der Waals surface area (Å²) in [5.41, 5.74) is -0.144. The first-order valence-corrected chi connectivity index (χ1v) is 6.38. The number of halogens is 3. The van der Waals surface area contributed by atoms with E-state index in [1.165, 1.54) is 24.3 Å². The van der Waals surface area contributed by atoms with E-state index in [1.54, 1.807) is 0 Å². The average Bonchev–Trinajstić information content (AvgIpc) is 2.39. The molecule has 4 heteroatoms. The average molecular weight is 268 g/mol.